The van der Waals surface area contributed by atoms with Crippen LogP contribution < -0.4 is 5.32 Å². The van der Waals surface area contributed by atoms with E-state index in [1.165, 1.54) is 12.1 Å². The third-order valence-electron chi connectivity index (χ3n) is 4.28. The highest BCUT2D eigenvalue weighted by molar-refractivity contribution is 6.30. The maximum atomic E-state index is 13.2. The molecule has 7 heteroatoms. The number of hydrogen-bond donors (Lipinski definition) is 2. The lowest BCUT2D eigenvalue weighted by Gasteiger charge is -2.25. The summed E-state index contributed by atoms with van der Waals surface area (Å²) in [5.74, 6) is -0.545. The van der Waals surface area contributed by atoms with E-state index in [4.69, 9.17) is 11.6 Å². The van der Waals surface area contributed by atoms with E-state index in [1.54, 1.807) is 30.3 Å². The molecule has 0 aliphatic rings. The van der Waals surface area contributed by atoms with Crippen molar-refractivity contribution >= 4 is 17.5 Å². The first kappa shape index (κ1) is 19.1. The lowest BCUT2D eigenvalue weighted by Crippen LogP contribution is -2.34. The molecule has 2 aromatic carbocycles. The van der Waals surface area contributed by atoms with Crippen LogP contribution in [0.2, 0.25) is 5.02 Å². The predicted octanol–water partition coefficient (Wildman–Crippen LogP) is 3.90. The van der Waals surface area contributed by atoms with E-state index < -0.39 is 0 Å². The lowest BCUT2D eigenvalue weighted by molar-refractivity contribution is 0.0937. The molecule has 0 spiro atoms. The van der Waals surface area contributed by atoms with Gasteiger partial charge in [0.05, 0.1) is 11.7 Å². The van der Waals surface area contributed by atoms with Crippen molar-refractivity contribution < 1.29 is 9.18 Å². The molecule has 27 heavy (non-hydrogen) atoms. The van der Waals surface area contributed by atoms with Crippen LogP contribution in [0.3, 0.4) is 0 Å². The number of carbonyl (C=O) groups is 1. The van der Waals surface area contributed by atoms with E-state index in [-0.39, 0.29) is 17.8 Å². The molecule has 1 atom stereocenters. The number of hydrogen-bond acceptors (Lipinski definition) is 3. The van der Waals surface area contributed by atoms with E-state index in [2.05, 4.69) is 15.5 Å². The van der Waals surface area contributed by atoms with Crippen molar-refractivity contribution in [3.05, 3.63) is 76.7 Å². The summed E-state index contributed by atoms with van der Waals surface area (Å²) < 4.78 is 13.2. The third-order valence-corrected chi connectivity index (χ3v) is 4.51. The number of nitrogens with one attached hydrogen (secondary N) is 2. The highest BCUT2D eigenvalue weighted by atomic mass is 35.5. The van der Waals surface area contributed by atoms with Gasteiger partial charge in [0.1, 0.15) is 11.5 Å². The second-order valence-electron chi connectivity index (χ2n) is 6.42. The minimum Gasteiger partial charge on any atom is -0.349 e. The number of H-pyrrole nitrogens is 1. The summed E-state index contributed by atoms with van der Waals surface area (Å²) in [6, 6.07) is 15.2. The summed E-state index contributed by atoms with van der Waals surface area (Å²) >= 11 is 6.00. The van der Waals surface area contributed by atoms with Crippen LogP contribution in [0.1, 0.15) is 22.1 Å². The van der Waals surface area contributed by atoms with Crippen LogP contribution in [0.5, 0.6) is 0 Å². The molecular weight excluding hydrogens is 367 g/mol. The van der Waals surface area contributed by atoms with E-state index in [0.717, 1.165) is 11.1 Å². The average Bonchev–Trinajstić information content (AvgIpc) is 3.13. The lowest BCUT2D eigenvalue weighted by atomic mass is 10.1. The maximum absolute atomic E-state index is 13.2. The van der Waals surface area contributed by atoms with Crippen LogP contribution in [-0.2, 0) is 0 Å². The molecule has 0 radical (unpaired) electrons. The van der Waals surface area contributed by atoms with Gasteiger partial charge in [-0.15, -0.1) is 0 Å². The van der Waals surface area contributed by atoms with Crippen molar-refractivity contribution in [1.82, 2.24) is 20.4 Å². The fourth-order valence-corrected chi connectivity index (χ4v) is 2.99. The molecule has 3 aromatic rings. The molecule has 140 valence electrons. The van der Waals surface area contributed by atoms with Gasteiger partial charge in [0, 0.05) is 17.1 Å². The Morgan fingerprint density at radius 3 is 2.63 bits per heavy atom. The smallest absolute Gasteiger partial charge is 0.269 e. The fraction of sp³-hybridized carbons (Fsp3) is 0.200. The Hall–Kier alpha value is -2.70. The van der Waals surface area contributed by atoms with Gasteiger partial charge in [-0.25, -0.2) is 4.39 Å². The Morgan fingerprint density at radius 1 is 1.22 bits per heavy atom. The number of amides is 1. The molecule has 0 fully saturated rings. The van der Waals surface area contributed by atoms with E-state index in [9.17, 15) is 9.18 Å². The molecule has 1 heterocycles. The van der Waals surface area contributed by atoms with Crippen molar-refractivity contribution in [2.24, 2.45) is 0 Å². The average molecular weight is 387 g/mol. The topological polar surface area (TPSA) is 61.0 Å². The number of halogens is 2. The number of aromatic amines is 1. The van der Waals surface area contributed by atoms with Gasteiger partial charge in [-0.05, 0) is 50.0 Å². The first-order valence-corrected chi connectivity index (χ1v) is 8.83. The number of rotatable bonds is 6. The molecule has 3 rings (SSSR count). The first-order chi connectivity index (χ1) is 12.9. The van der Waals surface area contributed by atoms with Crippen LogP contribution >= 0.6 is 11.6 Å². The van der Waals surface area contributed by atoms with Gasteiger partial charge in [0.25, 0.3) is 5.91 Å². The molecule has 0 aliphatic carbocycles. The maximum Gasteiger partial charge on any atom is 0.269 e. The van der Waals surface area contributed by atoms with E-state index in [0.29, 0.717) is 23.0 Å². The van der Waals surface area contributed by atoms with E-state index in [1.807, 2.05) is 31.1 Å². The minimum absolute atomic E-state index is 0.0788. The third kappa shape index (κ3) is 4.72. The second-order valence-corrected chi connectivity index (χ2v) is 6.85. The highest BCUT2D eigenvalue weighted by Crippen LogP contribution is 2.22. The van der Waals surface area contributed by atoms with E-state index >= 15 is 0 Å². The summed E-state index contributed by atoms with van der Waals surface area (Å²) in [4.78, 5) is 14.5. The quantitative estimate of drug-likeness (QED) is 0.675. The Balaban J connectivity index is 1.68. The zero-order chi connectivity index (χ0) is 19.4. The largest absolute Gasteiger partial charge is 0.349 e. The number of likely N-dealkylation sites (N-methyl/N-ethyl adjacent to an activating group) is 1. The van der Waals surface area contributed by atoms with Crippen LogP contribution in [-0.4, -0.2) is 41.6 Å². The monoisotopic (exact) mass is 386 g/mol. The van der Waals surface area contributed by atoms with Crippen molar-refractivity contribution in [2.45, 2.75) is 6.04 Å². The molecule has 0 saturated carbocycles. The highest BCUT2D eigenvalue weighted by Gasteiger charge is 2.17. The van der Waals surface area contributed by atoms with Gasteiger partial charge >= 0.3 is 0 Å². The van der Waals surface area contributed by atoms with Gasteiger partial charge in [0.15, 0.2) is 0 Å². The van der Waals surface area contributed by atoms with Gasteiger partial charge in [-0.2, -0.15) is 5.10 Å². The summed E-state index contributed by atoms with van der Waals surface area (Å²) in [5.41, 5.74) is 2.76. The molecule has 0 aliphatic heterocycles. The number of aromatic nitrogens is 2. The van der Waals surface area contributed by atoms with Crippen molar-refractivity contribution in [2.75, 3.05) is 20.6 Å². The summed E-state index contributed by atoms with van der Waals surface area (Å²) in [7, 11) is 3.82. The van der Waals surface area contributed by atoms with Gasteiger partial charge in [0.2, 0.25) is 0 Å². The van der Waals surface area contributed by atoms with Crippen LogP contribution in [0.4, 0.5) is 4.39 Å². The molecule has 0 bridgehead atoms. The van der Waals surface area contributed by atoms with Crippen LogP contribution in [0.15, 0.2) is 54.6 Å². The molecule has 1 aromatic heterocycles. The first-order valence-electron chi connectivity index (χ1n) is 8.45. The summed E-state index contributed by atoms with van der Waals surface area (Å²) in [6.45, 7) is 0.378. The van der Waals surface area contributed by atoms with Gasteiger partial charge in [-0.3, -0.25) is 9.89 Å². The van der Waals surface area contributed by atoms with Crippen LogP contribution in [0.25, 0.3) is 11.3 Å². The number of carbonyl (C=O) groups excluding carboxylic acids is 1. The van der Waals surface area contributed by atoms with Crippen molar-refractivity contribution in [3.63, 3.8) is 0 Å². The Kier molecular flexibility index (Phi) is 5.88. The number of benzene rings is 2. The molecule has 2 N–H and O–H groups in total. The zero-order valence-electron chi connectivity index (χ0n) is 15.0. The van der Waals surface area contributed by atoms with Crippen molar-refractivity contribution in [1.29, 1.82) is 0 Å². The Morgan fingerprint density at radius 2 is 1.96 bits per heavy atom. The summed E-state index contributed by atoms with van der Waals surface area (Å²) in [6.07, 6.45) is 0. The number of nitrogens with zero attached hydrogens (tertiary/aromatic N) is 2. The molecule has 1 unspecified atom stereocenters. The Labute approximate surface area is 162 Å². The molecule has 0 saturated heterocycles. The standard InChI is InChI=1S/C20H20ClFN4O/c1-26(2)19(13-6-8-16(22)9-7-13)12-23-20(27)18-11-17(24-25-18)14-4-3-5-15(21)10-14/h3-11,19H,12H2,1-2H3,(H,23,27)(H,24,25). The minimum atomic E-state index is -0.286. The molecule has 5 nitrogen and oxygen atoms in total. The van der Waals surface area contributed by atoms with Crippen LogP contribution in [0, 0.1) is 5.82 Å². The zero-order valence-corrected chi connectivity index (χ0v) is 15.8. The fourth-order valence-electron chi connectivity index (χ4n) is 2.80. The molecular formula is C20H20ClFN4O. The summed E-state index contributed by atoms with van der Waals surface area (Å²) in [5, 5.41) is 10.4. The normalized spacial score (nSPS) is 12.2. The SMILES string of the molecule is CN(C)C(CNC(=O)c1cc(-c2cccc(Cl)c2)n[nH]1)c1ccc(F)cc1. The second kappa shape index (κ2) is 8.33. The Bertz CT molecular complexity index is 924. The predicted molar refractivity (Wildman–Crippen MR) is 104 cm³/mol. The van der Waals surface area contributed by atoms with Gasteiger partial charge in [-0.1, -0.05) is 35.9 Å². The van der Waals surface area contributed by atoms with Crippen molar-refractivity contribution in [3.8, 4) is 11.3 Å². The molecule has 1 amide bonds. The van der Waals surface area contributed by atoms with Gasteiger partial charge < -0.3 is 10.2 Å².